The molecule has 1 atom stereocenters. The molecule has 0 aliphatic carbocycles. The van der Waals surface area contributed by atoms with E-state index >= 15 is 0 Å². The molecule has 25 heavy (non-hydrogen) atoms. The topological polar surface area (TPSA) is 69.7 Å². The molecule has 0 radical (unpaired) electrons. The third-order valence-electron chi connectivity index (χ3n) is 5.07. The molecular weight excluding hydrogens is 382 g/mol. The maximum absolute atomic E-state index is 12.8. The largest absolute Gasteiger partial charge is 0.340 e. The number of piperazine rings is 1. The number of sulfonamides is 1. The van der Waals surface area contributed by atoms with Crippen LogP contribution in [0.2, 0.25) is 0 Å². The van der Waals surface area contributed by atoms with E-state index in [4.69, 9.17) is 0 Å². The average molecular weight is 408 g/mol. The Bertz CT molecular complexity index is 723. The summed E-state index contributed by atoms with van der Waals surface area (Å²) in [5.41, 5.74) is 0. The number of nitrogens with one attached hydrogen (secondary N) is 1. The summed E-state index contributed by atoms with van der Waals surface area (Å²) in [6.07, 6.45) is 0. The summed E-state index contributed by atoms with van der Waals surface area (Å²) >= 11 is 1.51. The Morgan fingerprint density at radius 2 is 1.84 bits per heavy atom. The van der Waals surface area contributed by atoms with Gasteiger partial charge in [-0.3, -0.25) is 4.79 Å². The number of nitrogens with zero attached hydrogens (tertiary/aromatic N) is 2. The van der Waals surface area contributed by atoms with Gasteiger partial charge >= 0.3 is 0 Å². The molecule has 0 saturated carbocycles. The molecule has 6 nitrogen and oxygen atoms in total. The lowest BCUT2D eigenvalue weighted by atomic mass is 9.88. The number of halogens is 1. The first-order valence-electron chi connectivity index (χ1n) is 8.37. The summed E-state index contributed by atoms with van der Waals surface area (Å²) in [7, 11) is -3.46. The molecule has 1 aromatic heterocycles. The lowest BCUT2D eigenvalue weighted by Crippen LogP contribution is -2.55. The van der Waals surface area contributed by atoms with Crippen molar-refractivity contribution in [3.8, 4) is 0 Å². The number of amides is 1. The smallest absolute Gasteiger partial charge is 0.244 e. The normalized spacial score (nSPS) is 20.7. The van der Waals surface area contributed by atoms with Crippen LogP contribution in [0.25, 0.3) is 0 Å². The van der Waals surface area contributed by atoms with Crippen LogP contribution in [0.15, 0.2) is 11.0 Å². The third-order valence-corrected chi connectivity index (χ3v) is 8.19. The predicted molar refractivity (Wildman–Crippen MR) is 102 cm³/mol. The van der Waals surface area contributed by atoms with Gasteiger partial charge in [0.05, 0.1) is 4.90 Å². The van der Waals surface area contributed by atoms with Crippen LogP contribution in [0, 0.1) is 25.7 Å². The molecule has 1 unspecified atom stereocenters. The van der Waals surface area contributed by atoms with E-state index in [1.54, 1.807) is 6.07 Å². The summed E-state index contributed by atoms with van der Waals surface area (Å²) < 4.78 is 27.1. The number of thiophene rings is 1. The molecule has 0 aromatic carbocycles. The van der Waals surface area contributed by atoms with Crippen LogP contribution in [0.4, 0.5) is 0 Å². The number of carbonyl (C=O) groups is 1. The number of rotatable bonds is 4. The van der Waals surface area contributed by atoms with Gasteiger partial charge in [-0.2, -0.15) is 4.31 Å². The molecule has 2 aliphatic heterocycles. The third kappa shape index (κ3) is 4.03. The van der Waals surface area contributed by atoms with Gasteiger partial charge in [-0.25, -0.2) is 8.42 Å². The van der Waals surface area contributed by atoms with Crippen LogP contribution in [0.5, 0.6) is 0 Å². The maximum Gasteiger partial charge on any atom is 0.244 e. The van der Waals surface area contributed by atoms with E-state index in [2.05, 4.69) is 5.32 Å². The van der Waals surface area contributed by atoms with E-state index in [9.17, 15) is 13.2 Å². The van der Waals surface area contributed by atoms with Crippen LogP contribution in [-0.4, -0.2) is 62.8 Å². The van der Waals surface area contributed by atoms with Crippen molar-refractivity contribution in [1.29, 1.82) is 0 Å². The van der Waals surface area contributed by atoms with Gasteiger partial charge < -0.3 is 10.2 Å². The van der Waals surface area contributed by atoms with Gasteiger partial charge in [-0.1, -0.05) is 6.92 Å². The first-order valence-corrected chi connectivity index (χ1v) is 10.6. The highest BCUT2D eigenvalue weighted by atomic mass is 35.5. The molecule has 1 amide bonds. The van der Waals surface area contributed by atoms with Crippen LogP contribution >= 0.6 is 23.7 Å². The Balaban J connectivity index is 0.00000225. The lowest BCUT2D eigenvalue weighted by molar-refractivity contribution is -0.138. The molecule has 1 N–H and O–H groups in total. The summed E-state index contributed by atoms with van der Waals surface area (Å²) in [5.74, 6) is 0.577. The standard InChI is InChI=1S/C16H25N3O3S2.ClH/c1-11-8-15(13(3)23-11)24(21,22)19-6-4-18(5-7-19)16(20)12(2)14-9-17-10-14;/h8,12,14,17H,4-7,9-10H2,1-3H3;1H. The highest BCUT2D eigenvalue weighted by Gasteiger charge is 2.35. The van der Waals surface area contributed by atoms with Gasteiger partial charge in [-0.05, 0) is 38.9 Å². The second-order valence-corrected chi connectivity index (χ2v) is 10.1. The van der Waals surface area contributed by atoms with Crippen molar-refractivity contribution in [3.05, 3.63) is 15.8 Å². The molecule has 142 valence electrons. The van der Waals surface area contributed by atoms with Crippen LogP contribution in [0.3, 0.4) is 0 Å². The minimum atomic E-state index is -3.46. The van der Waals surface area contributed by atoms with E-state index in [-0.39, 0.29) is 24.2 Å². The number of aryl methyl sites for hydroxylation is 2. The van der Waals surface area contributed by atoms with Crippen LogP contribution in [-0.2, 0) is 14.8 Å². The minimum Gasteiger partial charge on any atom is -0.340 e. The van der Waals surface area contributed by atoms with Gasteiger partial charge in [0.25, 0.3) is 0 Å². The summed E-state index contributed by atoms with van der Waals surface area (Å²) in [4.78, 5) is 16.6. The molecule has 1 aromatic rings. The number of hydrogen-bond acceptors (Lipinski definition) is 5. The van der Waals surface area contributed by atoms with Crippen molar-refractivity contribution in [3.63, 3.8) is 0 Å². The van der Waals surface area contributed by atoms with Crippen molar-refractivity contribution in [2.75, 3.05) is 39.3 Å². The monoisotopic (exact) mass is 407 g/mol. The Morgan fingerprint density at radius 1 is 1.24 bits per heavy atom. The second-order valence-electron chi connectivity index (χ2n) is 6.71. The van der Waals surface area contributed by atoms with Crippen LogP contribution < -0.4 is 5.32 Å². The number of carbonyl (C=O) groups excluding carboxylic acids is 1. The molecule has 2 saturated heterocycles. The molecule has 2 aliphatic rings. The van der Waals surface area contributed by atoms with E-state index in [1.807, 2.05) is 25.7 Å². The van der Waals surface area contributed by atoms with Gasteiger partial charge in [0, 0.05) is 41.9 Å². The molecule has 2 fully saturated rings. The SMILES string of the molecule is Cc1cc(S(=O)(=O)N2CCN(C(=O)C(C)C3CNC3)CC2)c(C)s1.Cl. The highest BCUT2D eigenvalue weighted by Crippen LogP contribution is 2.28. The minimum absolute atomic E-state index is 0. The highest BCUT2D eigenvalue weighted by molar-refractivity contribution is 7.89. The Kier molecular flexibility index (Phi) is 6.54. The van der Waals surface area contributed by atoms with Crippen molar-refractivity contribution >= 4 is 39.7 Å². The molecule has 0 bridgehead atoms. The van der Waals surface area contributed by atoms with E-state index < -0.39 is 10.0 Å². The van der Waals surface area contributed by atoms with E-state index in [0.29, 0.717) is 37.0 Å². The Morgan fingerprint density at radius 3 is 2.28 bits per heavy atom. The zero-order chi connectivity index (χ0) is 17.5. The Labute approximate surface area is 160 Å². The average Bonchev–Trinajstić information content (AvgIpc) is 2.84. The fourth-order valence-corrected chi connectivity index (χ4v) is 6.25. The van der Waals surface area contributed by atoms with Gasteiger partial charge in [-0.15, -0.1) is 23.7 Å². The van der Waals surface area contributed by atoms with E-state index in [1.165, 1.54) is 15.6 Å². The quantitative estimate of drug-likeness (QED) is 0.820. The van der Waals surface area contributed by atoms with E-state index in [0.717, 1.165) is 22.8 Å². The molecular formula is C16H26ClN3O3S2. The summed E-state index contributed by atoms with van der Waals surface area (Å²) in [6.45, 7) is 9.25. The fourth-order valence-electron chi connectivity index (χ4n) is 3.31. The molecule has 3 rings (SSSR count). The van der Waals surface area contributed by atoms with Crippen molar-refractivity contribution < 1.29 is 13.2 Å². The van der Waals surface area contributed by atoms with Crippen molar-refractivity contribution in [1.82, 2.24) is 14.5 Å². The number of hydrogen-bond donors (Lipinski definition) is 1. The molecule has 0 spiro atoms. The van der Waals surface area contributed by atoms with Gasteiger partial charge in [0.15, 0.2) is 0 Å². The summed E-state index contributed by atoms with van der Waals surface area (Å²) in [6, 6.07) is 1.75. The second kappa shape index (κ2) is 7.92. The zero-order valence-electron chi connectivity index (χ0n) is 14.8. The molecule has 9 heteroatoms. The van der Waals surface area contributed by atoms with Gasteiger partial charge in [0.1, 0.15) is 0 Å². The Hall–Kier alpha value is -0.670. The van der Waals surface area contributed by atoms with Gasteiger partial charge in [0.2, 0.25) is 15.9 Å². The van der Waals surface area contributed by atoms with Crippen molar-refractivity contribution in [2.24, 2.45) is 11.8 Å². The lowest BCUT2D eigenvalue weighted by Gasteiger charge is -2.38. The first-order chi connectivity index (χ1) is 11.3. The molecule has 3 heterocycles. The van der Waals surface area contributed by atoms with Crippen LogP contribution in [0.1, 0.15) is 16.7 Å². The fraction of sp³-hybridized carbons (Fsp3) is 0.688. The van der Waals surface area contributed by atoms with Crippen molar-refractivity contribution in [2.45, 2.75) is 25.7 Å². The first kappa shape index (κ1) is 20.6. The predicted octanol–water partition coefficient (Wildman–Crippen LogP) is 1.48. The maximum atomic E-state index is 12.8. The summed E-state index contributed by atoms with van der Waals surface area (Å²) in [5, 5.41) is 3.19. The zero-order valence-corrected chi connectivity index (χ0v) is 17.3.